The van der Waals surface area contributed by atoms with Crippen LogP contribution in [0.5, 0.6) is 0 Å². The van der Waals surface area contributed by atoms with Crippen molar-refractivity contribution in [2.24, 2.45) is 11.3 Å². The molecule has 1 nitrogen and oxygen atoms in total. The second kappa shape index (κ2) is 4.99. The largest absolute Gasteiger partial charge is 0.396 e. The van der Waals surface area contributed by atoms with Gasteiger partial charge in [-0.05, 0) is 37.0 Å². The van der Waals surface area contributed by atoms with Crippen molar-refractivity contribution in [2.45, 2.75) is 58.8 Å². The monoisotopic (exact) mass is 184 g/mol. The summed E-state index contributed by atoms with van der Waals surface area (Å²) in [6, 6.07) is 0. The molecule has 2 aliphatic carbocycles. The lowest BCUT2D eigenvalue weighted by atomic mass is 9.84. The summed E-state index contributed by atoms with van der Waals surface area (Å²) >= 11 is 0. The highest BCUT2D eigenvalue weighted by Gasteiger charge is 2.52. The zero-order valence-corrected chi connectivity index (χ0v) is 9.18. The van der Waals surface area contributed by atoms with E-state index in [0.717, 1.165) is 17.8 Å². The van der Waals surface area contributed by atoms with E-state index in [1.165, 1.54) is 38.5 Å². The van der Waals surface area contributed by atoms with Crippen LogP contribution in [0.4, 0.5) is 0 Å². The maximum atomic E-state index is 8.79. The Kier molecular flexibility index (Phi) is 4.24. The Morgan fingerprint density at radius 3 is 2.31 bits per heavy atom. The molecule has 0 aromatic carbocycles. The Hall–Kier alpha value is -0.0400. The van der Waals surface area contributed by atoms with Crippen molar-refractivity contribution in [1.82, 2.24) is 0 Å². The van der Waals surface area contributed by atoms with Gasteiger partial charge < -0.3 is 5.11 Å². The van der Waals surface area contributed by atoms with Crippen molar-refractivity contribution in [3.05, 3.63) is 0 Å². The molecule has 0 amide bonds. The van der Waals surface area contributed by atoms with Gasteiger partial charge in [-0.25, -0.2) is 0 Å². The minimum atomic E-state index is 0.409. The molecule has 1 unspecified atom stereocenters. The molecule has 1 N–H and O–H groups in total. The van der Waals surface area contributed by atoms with E-state index in [4.69, 9.17) is 5.11 Å². The van der Waals surface area contributed by atoms with Gasteiger partial charge in [0.05, 0.1) is 0 Å². The molecule has 0 radical (unpaired) electrons. The summed E-state index contributed by atoms with van der Waals surface area (Å²) in [6.07, 6.45) is 9.75. The standard InChI is InChI=1S/C10H18O.C2H6/c11-7-4-9-8-10(9)5-2-1-3-6-10;1-2/h9,11H,1-8H2;1-2H3. The lowest BCUT2D eigenvalue weighted by Gasteiger charge is -2.22. The SMILES string of the molecule is CC.OCCC1CC12CCCCC2. The molecule has 2 rings (SSSR count). The number of aliphatic hydroxyl groups is 1. The first-order chi connectivity index (χ1) is 6.37. The Morgan fingerprint density at radius 1 is 1.15 bits per heavy atom. The third-order valence-corrected chi connectivity index (χ3v) is 3.69. The van der Waals surface area contributed by atoms with E-state index < -0.39 is 0 Å². The molecule has 2 aliphatic rings. The first-order valence-electron chi connectivity index (χ1n) is 5.98. The van der Waals surface area contributed by atoms with Gasteiger partial charge in [0.2, 0.25) is 0 Å². The number of rotatable bonds is 2. The zero-order valence-electron chi connectivity index (χ0n) is 9.18. The van der Waals surface area contributed by atoms with Gasteiger partial charge in [-0.1, -0.05) is 33.1 Å². The van der Waals surface area contributed by atoms with Crippen LogP contribution in [0.3, 0.4) is 0 Å². The lowest BCUT2D eigenvalue weighted by Crippen LogP contribution is -2.09. The molecule has 1 heteroatoms. The van der Waals surface area contributed by atoms with Crippen LogP contribution in [0, 0.1) is 11.3 Å². The Labute approximate surface area is 82.5 Å². The fraction of sp³-hybridized carbons (Fsp3) is 1.00. The van der Waals surface area contributed by atoms with E-state index in [9.17, 15) is 0 Å². The smallest absolute Gasteiger partial charge is 0.0433 e. The Bertz CT molecular complexity index is 136. The molecular formula is C12H24O. The van der Waals surface area contributed by atoms with E-state index in [-0.39, 0.29) is 0 Å². The molecule has 2 saturated carbocycles. The summed E-state index contributed by atoms with van der Waals surface area (Å²) in [6.45, 7) is 4.41. The van der Waals surface area contributed by atoms with Crippen molar-refractivity contribution in [3.63, 3.8) is 0 Å². The minimum Gasteiger partial charge on any atom is -0.396 e. The fourth-order valence-electron chi connectivity index (χ4n) is 2.86. The number of hydrogen-bond acceptors (Lipinski definition) is 1. The molecule has 13 heavy (non-hydrogen) atoms. The first-order valence-corrected chi connectivity index (χ1v) is 5.98. The molecule has 2 fully saturated rings. The first kappa shape index (κ1) is 11.0. The van der Waals surface area contributed by atoms with Crippen LogP contribution in [0.2, 0.25) is 0 Å². The van der Waals surface area contributed by atoms with Crippen molar-refractivity contribution in [2.75, 3.05) is 6.61 Å². The van der Waals surface area contributed by atoms with Crippen LogP contribution in [-0.4, -0.2) is 11.7 Å². The van der Waals surface area contributed by atoms with Crippen LogP contribution in [0.15, 0.2) is 0 Å². The summed E-state index contributed by atoms with van der Waals surface area (Å²) in [4.78, 5) is 0. The van der Waals surface area contributed by atoms with Gasteiger partial charge in [-0.3, -0.25) is 0 Å². The van der Waals surface area contributed by atoms with Gasteiger partial charge in [0.1, 0.15) is 0 Å². The third-order valence-electron chi connectivity index (χ3n) is 3.69. The molecule has 0 bridgehead atoms. The number of hydrogen-bond donors (Lipinski definition) is 1. The zero-order chi connectivity index (χ0) is 9.73. The summed E-state index contributed by atoms with van der Waals surface area (Å²) in [7, 11) is 0. The lowest BCUT2D eigenvalue weighted by molar-refractivity contribution is 0.247. The van der Waals surface area contributed by atoms with Crippen LogP contribution in [0.1, 0.15) is 58.8 Å². The molecular weight excluding hydrogens is 160 g/mol. The van der Waals surface area contributed by atoms with E-state index in [1.807, 2.05) is 13.8 Å². The normalized spacial score (nSPS) is 29.3. The summed E-state index contributed by atoms with van der Waals surface area (Å²) in [5.41, 5.74) is 0.737. The predicted molar refractivity (Wildman–Crippen MR) is 56.7 cm³/mol. The quantitative estimate of drug-likeness (QED) is 0.697. The number of aliphatic hydroxyl groups excluding tert-OH is 1. The maximum absolute atomic E-state index is 8.79. The molecule has 0 aromatic rings. The molecule has 78 valence electrons. The van der Waals surface area contributed by atoms with Crippen LogP contribution < -0.4 is 0 Å². The summed E-state index contributed by atoms with van der Waals surface area (Å²) in [5.74, 6) is 0.896. The molecule has 0 heterocycles. The van der Waals surface area contributed by atoms with Gasteiger partial charge in [0.25, 0.3) is 0 Å². The molecule has 1 spiro atoms. The van der Waals surface area contributed by atoms with Crippen molar-refractivity contribution in [1.29, 1.82) is 0 Å². The minimum absolute atomic E-state index is 0.409. The molecule has 1 atom stereocenters. The van der Waals surface area contributed by atoms with Gasteiger partial charge in [-0.2, -0.15) is 0 Å². The summed E-state index contributed by atoms with van der Waals surface area (Å²) in [5, 5.41) is 8.79. The second-order valence-electron chi connectivity index (χ2n) is 4.34. The van der Waals surface area contributed by atoms with Crippen molar-refractivity contribution < 1.29 is 5.11 Å². The average molecular weight is 184 g/mol. The van der Waals surface area contributed by atoms with Gasteiger partial charge in [0.15, 0.2) is 0 Å². The molecule has 0 aromatic heterocycles. The van der Waals surface area contributed by atoms with E-state index >= 15 is 0 Å². The Morgan fingerprint density at radius 2 is 1.77 bits per heavy atom. The highest BCUT2D eigenvalue weighted by Crippen LogP contribution is 2.62. The van der Waals surface area contributed by atoms with Gasteiger partial charge in [0, 0.05) is 6.61 Å². The fourth-order valence-corrected chi connectivity index (χ4v) is 2.86. The Balaban J connectivity index is 0.000000396. The summed E-state index contributed by atoms with van der Waals surface area (Å²) < 4.78 is 0. The average Bonchev–Trinajstić information content (AvgIpc) is 2.84. The highest BCUT2D eigenvalue weighted by atomic mass is 16.3. The van der Waals surface area contributed by atoms with E-state index in [2.05, 4.69) is 0 Å². The van der Waals surface area contributed by atoms with Gasteiger partial charge in [-0.15, -0.1) is 0 Å². The highest BCUT2D eigenvalue weighted by molar-refractivity contribution is 5.02. The van der Waals surface area contributed by atoms with Crippen LogP contribution >= 0.6 is 0 Å². The van der Waals surface area contributed by atoms with Crippen molar-refractivity contribution in [3.8, 4) is 0 Å². The predicted octanol–water partition coefficient (Wildman–Crippen LogP) is 3.37. The van der Waals surface area contributed by atoms with Crippen LogP contribution in [0.25, 0.3) is 0 Å². The van der Waals surface area contributed by atoms with Crippen molar-refractivity contribution >= 4 is 0 Å². The molecule has 0 saturated heterocycles. The molecule has 0 aliphatic heterocycles. The van der Waals surface area contributed by atoms with E-state index in [0.29, 0.717) is 6.61 Å². The van der Waals surface area contributed by atoms with Gasteiger partial charge >= 0.3 is 0 Å². The maximum Gasteiger partial charge on any atom is 0.0433 e. The topological polar surface area (TPSA) is 20.2 Å². The second-order valence-corrected chi connectivity index (χ2v) is 4.34. The van der Waals surface area contributed by atoms with E-state index in [1.54, 1.807) is 0 Å². The third kappa shape index (κ3) is 2.46. The van der Waals surface area contributed by atoms with Crippen LogP contribution in [-0.2, 0) is 0 Å².